The molecule has 0 saturated carbocycles. The van der Waals surface area contributed by atoms with Crippen molar-refractivity contribution in [2.24, 2.45) is 5.92 Å². The summed E-state index contributed by atoms with van der Waals surface area (Å²) in [5.41, 5.74) is -0.0871. The standard InChI is InChI=1S/C15H36O3Si3/c1-12(2)13(17-20(6,7)8)14(19(3,4)5)15(16)18-21(9,10)11/h12-14H,1-11H3/t13-,14-/m1/s1. The van der Waals surface area contributed by atoms with Crippen LogP contribution in [0.1, 0.15) is 13.8 Å². The van der Waals surface area contributed by atoms with Crippen LogP contribution < -0.4 is 0 Å². The molecular weight excluding hydrogens is 312 g/mol. The van der Waals surface area contributed by atoms with Gasteiger partial charge in [-0.2, -0.15) is 0 Å². The molecule has 0 saturated heterocycles. The molecule has 0 radical (unpaired) electrons. The lowest BCUT2D eigenvalue weighted by Gasteiger charge is -2.40. The minimum Gasteiger partial charge on any atom is -0.520 e. The second-order valence-electron chi connectivity index (χ2n) is 9.32. The molecule has 0 aliphatic rings. The zero-order valence-corrected chi connectivity index (χ0v) is 19.0. The molecule has 0 fully saturated rings. The van der Waals surface area contributed by atoms with Gasteiger partial charge in [0.05, 0.1) is 19.7 Å². The number of rotatable bonds is 7. The van der Waals surface area contributed by atoms with Gasteiger partial charge in [0.15, 0.2) is 8.32 Å². The molecule has 0 bridgehead atoms. The van der Waals surface area contributed by atoms with E-state index in [2.05, 4.69) is 72.8 Å². The Balaban J connectivity index is 5.51. The highest BCUT2D eigenvalue weighted by Gasteiger charge is 2.44. The first-order valence-electron chi connectivity index (χ1n) is 7.95. The van der Waals surface area contributed by atoms with Gasteiger partial charge < -0.3 is 8.85 Å². The van der Waals surface area contributed by atoms with E-state index in [1.165, 1.54) is 0 Å². The molecule has 2 atom stereocenters. The highest BCUT2D eigenvalue weighted by molar-refractivity contribution is 6.81. The normalized spacial score (nSPS) is 16.8. The molecule has 0 N–H and O–H groups in total. The minimum atomic E-state index is -1.87. The predicted molar refractivity (Wildman–Crippen MR) is 99.6 cm³/mol. The highest BCUT2D eigenvalue weighted by atomic mass is 28.4. The van der Waals surface area contributed by atoms with Crippen molar-refractivity contribution in [1.82, 2.24) is 0 Å². The SMILES string of the molecule is CC(C)[C@@H](O[Si](C)(C)C)[C@H](C(=O)O[Si](C)(C)C)[Si](C)(C)C. The van der Waals surface area contributed by atoms with Crippen molar-refractivity contribution in [1.29, 1.82) is 0 Å². The fourth-order valence-corrected chi connectivity index (χ4v) is 6.76. The summed E-state index contributed by atoms with van der Waals surface area (Å²) in [6.45, 7) is 23.8. The summed E-state index contributed by atoms with van der Waals surface area (Å²) in [6.07, 6.45) is -0.0211. The first-order valence-corrected chi connectivity index (χ1v) is 18.3. The summed E-state index contributed by atoms with van der Waals surface area (Å²) in [6, 6.07) is 0. The van der Waals surface area contributed by atoms with E-state index >= 15 is 0 Å². The van der Waals surface area contributed by atoms with Crippen molar-refractivity contribution in [2.45, 2.75) is 84.4 Å². The van der Waals surface area contributed by atoms with Crippen LogP contribution in [-0.2, 0) is 13.6 Å². The summed E-state index contributed by atoms with van der Waals surface area (Å²) in [5, 5.41) is 0. The van der Waals surface area contributed by atoms with Crippen LogP contribution in [0.15, 0.2) is 0 Å². The zero-order chi connectivity index (χ0) is 17.2. The van der Waals surface area contributed by atoms with Crippen LogP contribution in [0.5, 0.6) is 0 Å². The van der Waals surface area contributed by atoms with Crippen LogP contribution in [0.2, 0.25) is 64.5 Å². The monoisotopic (exact) mass is 348 g/mol. The van der Waals surface area contributed by atoms with Crippen LogP contribution in [0, 0.1) is 5.92 Å². The van der Waals surface area contributed by atoms with E-state index in [4.69, 9.17) is 8.85 Å². The van der Waals surface area contributed by atoms with E-state index in [1.807, 2.05) is 0 Å². The van der Waals surface area contributed by atoms with Gasteiger partial charge in [-0.1, -0.05) is 33.5 Å². The molecule has 126 valence electrons. The van der Waals surface area contributed by atoms with Gasteiger partial charge in [-0.25, -0.2) is 0 Å². The fourth-order valence-electron chi connectivity index (χ4n) is 2.34. The summed E-state index contributed by atoms with van der Waals surface area (Å²) in [5.74, 6) is 0.299. The van der Waals surface area contributed by atoms with Crippen LogP contribution >= 0.6 is 0 Å². The first-order chi connectivity index (χ1) is 9.04. The predicted octanol–water partition coefficient (Wildman–Crippen LogP) is 4.95. The van der Waals surface area contributed by atoms with E-state index in [-0.39, 0.29) is 17.6 Å². The van der Waals surface area contributed by atoms with E-state index in [1.54, 1.807) is 0 Å². The van der Waals surface area contributed by atoms with Crippen molar-refractivity contribution < 1.29 is 13.6 Å². The summed E-state index contributed by atoms with van der Waals surface area (Å²) < 4.78 is 12.3. The van der Waals surface area contributed by atoms with Gasteiger partial charge in [0, 0.05) is 0 Å². The van der Waals surface area contributed by atoms with Crippen molar-refractivity contribution >= 4 is 30.7 Å². The molecule has 0 unspecified atom stereocenters. The van der Waals surface area contributed by atoms with Gasteiger partial charge in [0.25, 0.3) is 5.97 Å². The lowest BCUT2D eigenvalue weighted by molar-refractivity contribution is -0.137. The first kappa shape index (κ1) is 21.1. The molecule has 0 aliphatic carbocycles. The topological polar surface area (TPSA) is 35.5 Å². The third-order valence-electron chi connectivity index (χ3n) is 3.07. The summed E-state index contributed by atoms with van der Waals surface area (Å²) in [4.78, 5) is 12.8. The van der Waals surface area contributed by atoms with E-state index in [0.717, 1.165) is 0 Å². The average molecular weight is 349 g/mol. The number of carbonyl (C=O) groups excluding carboxylic acids is 1. The highest BCUT2D eigenvalue weighted by Crippen LogP contribution is 2.35. The maximum absolute atomic E-state index is 12.8. The van der Waals surface area contributed by atoms with Gasteiger partial charge in [0.2, 0.25) is 8.32 Å². The molecule has 6 heteroatoms. The van der Waals surface area contributed by atoms with Gasteiger partial charge in [-0.15, -0.1) is 0 Å². The molecule has 0 amide bonds. The van der Waals surface area contributed by atoms with E-state index in [0.29, 0.717) is 5.92 Å². The Bertz CT molecular complexity index is 349. The largest absolute Gasteiger partial charge is 0.520 e. The second kappa shape index (κ2) is 7.10. The molecule has 0 heterocycles. The number of hydrogen-bond acceptors (Lipinski definition) is 3. The summed E-state index contributed by atoms with van der Waals surface area (Å²) >= 11 is 0. The Morgan fingerprint density at radius 1 is 0.810 bits per heavy atom. The third-order valence-corrected chi connectivity index (χ3v) is 7.29. The molecule has 0 aliphatic heterocycles. The Morgan fingerprint density at radius 2 is 1.24 bits per heavy atom. The lowest BCUT2D eigenvalue weighted by atomic mass is 10.0. The van der Waals surface area contributed by atoms with Gasteiger partial charge in [-0.3, -0.25) is 4.79 Å². The minimum absolute atomic E-state index is 0.0211. The molecular formula is C15H36O3Si3. The Morgan fingerprint density at radius 3 is 1.48 bits per heavy atom. The smallest absolute Gasteiger partial charge is 0.295 e. The molecule has 0 spiro atoms. The Kier molecular flexibility index (Phi) is 7.13. The molecule has 0 aromatic carbocycles. The zero-order valence-electron chi connectivity index (χ0n) is 16.0. The Hall–Kier alpha value is 0.0806. The van der Waals surface area contributed by atoms with E-state index in [9.17, 15) is 4.79 Å². The maximum atomic E-state index is 12.8. The molecule has 0 aromatic rings. The molecule has 0 aromatic heterocycles. The maximum Gasteiger partial charge on any atom is 0.295 e. The van der Waals surface area contributed by atoms with Crippen LogP contribution in [0.3, 0.4) is 0 Å². The van der Waals surface area contributed by atoms with Crippen molar-refractivity contribution in [3.8, 4) is 0 Å². The van der Waals surface area contributed by atoms with Crippen LogP contribution in [0.25, 0.3) is 0 Å². The van der Waals surface area contributed by atoms with E-state index < -0.39 is 24.7 Å². The van der Waals surface area contributed by atoms with Gasteiger partial charge >= 0.3 is 0 Å². The Labute approximate surface area is 135 Å². The molecule has 3 nitrogen and oxygen atoms in total. The van der Waals surface area contributed by atoms with Crippen molar-refractivity contribution in [3.63, 3.8) is 0 Å². The summed E-state index contributed by atoms with van der Waals surface area (Å²) in [7, 11) is -5.31. The molecule has 0 rings (SSSR count). The van der Waals surface area contributed by atoms with Crippen LogP contribution in [0.4, 0.5) is 0 Å². The van der Waals surface area contributed by atoms with Crippen molar-refractivity contribution in [3.05, 3.63) is 0 Å². The quantitative estimate of drug-likeness (QED) is 0.611. The lowest BCUT2D eigenvalue weighted by Crippen LogP contribution is -2.50. The third kappa shape index (κ3) is 8.33. The fraction of sp³-hybridized carbons (Fsp3) is 0.933. The number of carbonyl (C=O) groups is 1. The molecule has 21 heavy (non-hydrogen) atoms. The average Bonchev–Trinajstić information content (AvgIpc) is 2.08. The van der Waals surface area contributed by atoms with Crippen LogP contribution in [-0.4, -0.2) is 36.8 Å². The van der Waals surface area contributed by atoms with Crippen molar-refractivity contribution in [2.75, 3.05) is 0 Å². The van der Waals surface area contributed by atoms with Gasteiger partial charge in [0.1, 0.15) is 0 Å². The second-order valence-corrected chi connectivity index (χ2v) is 23.6. The van der Waals surface area contributed by atoms with Gasteiger partial charge in [-0.05, 0) is 45.2 Å². The number of hydrogen-bond donors (Lipinski definition) is 0.